The van der Waals surface area contributed by atoms with Crippen molar-refractivity contribution >= 4 is 23.9 Å². The maximum absolute atomic E-state index is 12.3. The summed E-state index contributed by atoms with van der Waals surface area (Å²) >= 11 is 0. The van der Waals surface area contributed by atoms with Gasteiger partial charge in [0.05, 0.1) is 0 Å². The SMILES string of the molecule is CC(=O)N/C(=C\c1ccccc1)C(=O)OCC(=O)N1CCC[C@@H](C)C1. The van der Waals surface area contributed by atoms with Crippen molar-refractivity contribution in [2.45, 2.75) is 26.7 Å². The van der Waals surface area contributed by atoms with Crippen LogP contribution in [0.3, 0.4) is 0 Å². The summed E-state index contributed by atoms with van der Waals surface area (Å²) in [5.74, 6) is -0.851. The Labute approximate surface area is 147 Å². The lowest BCUT2D eigenvalue weighted by Gasteiger charge is -2.30. The molecule has 134 valence electrons. The summed E-state index contributed by atoms with van der Waals surface area (Å²) in [7, 11) is 0. The molecule has 1 aliphatic heterocycles. The third kappa shape index (κ3) is 6.06. The van der Waals surface area contributed by atoms with E-state index in [1.54, 1.807) is 17.0 Å². The van der Waals surface area contributed by atoms with Gasteiger partial charge in [0, 0.05) is 20.0 Å². The molecule has 0 aliphatic carbocycles. The number of nitrogens with one attached hydrogen (secondary N) is 1. The number of amides is 2. The number of esters is 1. The zero-order chi connectivity index (χ0) is 18.2. The second-order valence-corrected chi connectivity index (χ2v) is 6.31. The first-order valence-electron chi connectivity index (χ1n) is 8.45. The third-order valence-corrected chi connectivity index (χ3v) is 3.98. The van der Waals surface area contributed by atoms with Crippen LogP contribution in [0.5, 0.6) is 0 Å². The Morgan fingerprint density at radius 2 is 2.00 bits per heavy atom. The van der Waals surface area contributed by atoms with Crippen LogP contribution in [0.25, 0.3) is 6.08 Å². The third-order valence-electron chi connectivity index (χ3n) is 3.98. The van der Waals surface area contributed by atoms with Gasteiger partial charge in [0.2, 0.25) is 5.91 Å². The first kappa shape index (κ1) is 18.7. The standard InChI is InChI=1S/C19H24N2O4/c1-14-7-6-10-21(12-14)18(23)13-25-19(24)17(20-15(2)22)11-16-8-4-3-5-9-16/h3-5,8-9,11,14H,6-7,10,12-13H2,1-2H3,(H,20,22)/b17-11-/t14-/m1/s1. The van der Waals surface area contributed by atoms with Crippen LogP contribution in [0.2, 0.25) is 0 Å². The molecule has 0 spiro atoms. The van der Waals surface area contributed by atoms with E-state index < -0.39 is 5.97 Å². The van der Waals surface area contributed by atoms with Crippen LogP contribution in [0.15, 0.2) is 36.0 Å². The van der Waals surface area contributed by atoms with Gasteiger partial charge >= 0.3 is 5.97 Å². The maximum atomic E-state index is 12.3. The molecule has 0 bridgehead atoms. The molecular weight excluding hydrogens is 320 g/mol. The lowest BCUT2D eigenvalue weighted by atomic mass is 10.0. The second-order valence-electron chi connectivity index (χ2n) is 6.31. The van der Waals surface area contributed by atoms with E-state index in [1.807, 2.05) is 18.2 Å². The predicted molar refractivity (Wildman–Crippen MR) is 94.2 cm³/mol. The Kier molecular flexibility index (Phi) is 6.74. The highest BCUT2D eigenvalue weighted by Gasteiger charge is 2.22. The van der Waals surface area contributed by atoms with Gasteiger partial charge in [-0.3, -0.25) is 9.59 Å². The quantitative estimate of drug-likeness (QED) is 0.654. The van der Waals surface area contributed by atoms with Gasteiger partial charge in [-0.1, -0.05) is 37.3 Å². The minimum absolute atomic E-state index is 0.0125. The number of hydrogen-bond donors (Lipinski definition) is 1. The molecule has 2 amide bonds. The predicted octanol–water partition coefficient (Wildman–Crippen LogP) is 1.97. The van der Waals surface area contributed by atoms with Crippen LogP contribution in [-0.4, -0.2) is 42.4 Å². The molecule has 1 heterocycles. The Balaban J connectivity index is 1.98. The molecule has 6 nitrogen and oxygen atoms in total. The van der Waals surface area contributed by atoms with E-state index >= 15 is 0 Å². The molecule has 0 saturated carbocycles. The first-order chi connectivity index (χ1) is 12.0. The number of likely N-dealkylation sites (tertiary alicyclic amines) is 1. The molecule has 1 aromatic rings. The fourth-order valence-electron chi connectivity index (χ4n) is 2.76. The van der Waals surface area contributed by atoms with E-state index in [0.717, 1.165) is 18.4 Å². The largest absolute Gasteiger partial charge is 0.451 e. The first-order valence-corrected chi connectivity index (χ1v) is 8.45. The Morgan fingerprint density at radius 1 is 1.28 bits per heavy atom. The minimum atomic E-state index is -0.725. The Hall–Kier alpha value is -2.63. The van der Waals surface area contributed by atoms with Gasteiger partial charge in [0.25, 0.3) is 5.91 Å². The molecule has 0 unspecified atom stereocenters. The van der Waals surface area contributed by atoms with Gasteiger partial charge < -0.3 is 15.0 Å². The van der Waals surface area contributed by atoms with E-state index in [0.29, 0.717) is 19.0 Å². The zero-order valence-corrected chi connectivity index (χ0v) is 14.7. The molecule has 25 heavy (non-hydrogen) atoms. The summed E-state index contributed by atoms with van der Waals surface area (Å²) < 4.78 is 5.11. The van der Waals surface area contributed by atoms with Crippen LogP contribution in [0.4, 0.5) is 0 Å². The molecular formula is C19H24N2O4. The van der Waals surface area contributed by atoms with E-state index in [9.17, 15) is 14.4 Å². The van der Waals surface area contributed by atoms with Gasteiger partial charge in [0.15, 0.2) is 6.61 Å². The molecule has 1 atom stereocenters. The minimum Gasteiger partial charge on any atom is -0.451 e. The van der Waals surface area contributed by atoms with Crippen molar-refractivity contribution in [1.82, 2.24) is 10.2 Å². The fourth-order valence-corrected chi connectivity index (χ4v) is 2.76. The number of carbonyl (C=O) groups excluding carboxylic acids is 3. The lowest BCUT2D eigenvalue weighted by Crippen LogP contribution is -2.41. The molecule has 0 aromatic heterocycles. The second kappa shape index (κ2) is 9.01. The molecule has 0 radical (unpaired) electrons. The number of rotatable bonds is 5. The highest BCUT2D eigenvalue weighted by Crippen LogP contribution is 2.15. The molecule has 1 saturated heterocycles. The monoisotopic (exact) mass is 344 g/mol. The van der Waals surface area contributed by atoms with Crippen molar-refractivity contribution in [2.75, 3.05) is 19.7 Å². The van der Waals surface area contributed by atoms with Crippen molar-refractivity contribution in [3.8, 4) is 0 Å². The van der Waals surface area contributed by atoms with Gasteiger partial charge in [0.1, 0.15) is 5.70 Å². The van der Waals surface area contributed by atoms with Crippen LogP contribution < -0.4 is 5.32 Å². The number of piperidine rings is 1. The Bertz CT molecular complexity index is 655. The van der Waals surface area contributed by atoms with Crippen molar-refractivity contribution in [2.24, 2.45) is 5.92 Å². The van der Waals surface area contributed by atoms with Gasteiger partial charge in [-0.2, -0.15) is 0 Å². The van der Waals surface area contributed by atoms with Crippen molar-refractivity contribution < 1.29 is 19.1 Å². The van der Waals surface area contributed by atoms with E-state index in [1.165, 1.54) is 13.0 Å². The highest BCUT2D eigenvalue weighted by atomic mass is 16.5. The van der Waals surface area contributed by atoms with Crippen LogP contribution in [0, 0.1) is 5.92 Å². The summed E-state index contributed by atoms with van der Waals surface area (Å²) in [4.78, 5) is 37.5. The fraction of sp³-hybridized carbons (Fsp3) is 0.421. The highest BCUT2D eigenvalue weighted by molar-refractivity contribution is 5.98. The molecule has 1 N–H and O–H groups in total. The van der Waals surface area contributed by atoms with E-state index in [2.05, 4.69) is 12.2 Å². The van der Waals surface area contributed by atoms with Gasteiger partial charge in [-0.05, 0) is 30.4 Å². The summed E-state index contributed by atoms with van der Waals surface area (Å²) in [6.45, 7) is 4.47. The van der Waals surface area contributed by atoms with Crippen molar-refractivity contribution in [3.05, 3.63) is 41.6 Å². The average molecular weight is 344 g/mol. The molecule has 6 heteroatoms. The normalized spacial score (nSPS) is 17.8. The summed E-state index contributed by atoms with van der Waals surface area (Å²) in [6, 6.07) is 9.10. The summed E-state index contributed by atoms with van der Waals surface area (Å²) in [5.41, 5.74) is 0.762. The number of ether oxygens (including phenoxy) is 1. The Morgan fingerprint density at radius 3 is 2.64 bits per heavy atom. The van der Waals surface area contributed by atoms with Gasteiger partial charge in [-0.25, -0.2) is 4.79 Å². The van der Waals surface area contributed by atoms with E-state index in [-0.39, 0.29) is 24.1 Å². The summed E-state index contributed by atoms with van der Waals surface area (Å²) in [5, 5.41) is 2.46. The molecule has 1 aliphatic rings. The number of nitrogens with zero attached hydrogens (tertiary/aromatic N) is 1. The topological polar surface area (TPSA) is 75.7 Å². The number of benzene rings is 1. The average Bonchev–Trinajstić information content (AvgIpc) is 2.59. The van der Waals surface area contributed by atoms with E-state index in [4.69, 9.17) is 4.74 Å². The van der Waals surface area contributed by atoms with Crippen LogP contribution >= 0.6 is 0 Å². The van der Waals surface area contributed by atoms with Gasteiger partial charge in [-0.15, -0.1) is 0 Å². The maximum Gasteiger partial charge on any atom is 0.355 e. The molecule has 1 aromatic carbocycles. The molecule has 2 rings (SSSR count). The number of carbonyl (C=O) groups is 3. The van der Waals surface area contributed by atoms with Crippen molar-refractivity contribution in [3.63, 3.8) is 0 Å². The van der Waals surface area contributed by atoms with Crippen LogP contribution in [0.1, 0.15) is 32.3 Å². The summed E-state index contributed by atoms with van der Waals surface area (Å²) in [6.07, 6.45) is 3.60. The zero-order valence-electron chi connectivity index (χ0n) is 14.7. The number of hydrogen-bond acceptors (Lipinski definition) is 4. The van der Waals surface area contributed by atoms with Crippen LogP contribution in [-0.2, 0) is 19.1 Å². The molecule has 1 fully saturated rings. The lowest BCUT2D eigenvalue weighted by molar-refractivity contribution is -0.150. The van der Waals surface area contributed by atoms with Crippen molar-refractivity contribution in [1.29, 1.82) is 0 Å². The smallest absolute Gasteiger partial charge is 0.355 e.